The second kappa shape index (κ2) is 4.50. The van der Waals surface area contributed by atoms with Crippen LogP contribution in [0.2, 0.25) is 0 Å². The second-order valence-electron chi connectivity index (χ2n) is 3.23. The third kappa shape index (κ3) is 2.29. The average molecular weight is 156 g/mol. The van der Waals surface area contributed by atoms with E-state index in [9.17, 15) is 4.79 Å². The zero-order valence-electron chi connectivity index (χ0n) is 7.08. The van der Waals surface area contributed by atoms with Crippen molar-refractivity contribution in [2.24, 2.45) is 5.92 Å². The Morgan fingerprint density at radius 2 is 2.00 bits per heavy atom. The van der Waals surface area contributed by atoms with Gasteiger partial charge < -0.3 is 9.53 Å². The molecular weight excluding hydrogens is 140 g/mol. The van der Waals surface area contributed by atoms with Crippen molar-refractivity contribution in [1.82, 2.24) is 0 Å². The first-order valence-electron chi connectivity index (χ1n) is 4.36. The quantitative estimate of drug-likeness (QED) is 0.582. The summed E-state index contributed by atoms with van der Waals surface area (Å²) in [7, 11) is 1.62. The molecule has 2 heteroatoms. The summed E-state index contributed by atoms with van der Waals surface area (Å²) < 4.78 is 5.07. The molecule has 1 aliphatic rings. The minimum absolute atomic E-state index is 0.143. The number of methoxy groups -OCH3 is 1. The van der Waals surface area contributed by atoms with E-state index in [1.165, 1.54) is 19.3 Å². The Balaban J connectivity index is 2.35. The number of hydrogen-bond donors (Lipinski definition) is 0. The van der Waals surface area contributed by atoms with Gasteiger partial charge in [0.05, 0.1) is 0 Å². The van der Waals surface area contributed by atoms with E-state index < -0.39 is 0 Å². The molecule has 0 amide bonds. The molecule has 0 spiro atoms. The van der Waals surface area contributed by atoms with Crippen LogP contribution in [-0.4, -0.2) is 19.5 Å². The molecule has 11 heavy (non-hydrogen) atoms. The van der Waals surface area contributed by atoms with Gasteiger partial charge in [-0.05, 0) is 18.8 Å². The van der Waals surface area contributed by atoms with Gasteiger partial charge in [0.25, 0.3) is 0 Å². The lowest BCUT2D eigenvalue weighted by Gasteiger charge is -2.25. The smallest absolute Gasteiger partial charge is 0.149 e. The van der Waals surface area contributed by atoms with E-state index in [4.69, 9.17) is 4.74 Å². The van der Waals surface area contributed by atoms with E-state index in [-0.39, 0.29) is 6.10 Å². The summed E-state index contributed by atoms with van der Waals surface area (Å²) in [5.74, 6) is 0.492. The first-order chi connectivity index (χ1) is 5.38. The van der Waals surface area contributed by atoms with Crippen LogP contribution < -0.4 is 0 Å². The fourth-order valence-electron chi connectivity index (χ4n) is 1.82. The van der Waals surface area contributed by atoms with Gasteiger partial charge in [0, 0.05) is 7.11 Å². The Morgan fingerprint density at radius 1 is 1.36 bits per heavy atom. The van der Waals surface area contributed by atoms with Crippen LogP contribution in [0.4, 0.5) is 0 Å². The highest BCUT2D eigenvalue weighted by molar-refractivity contribution is 5.56. The SMILES string of the molecule is CO[C@H](C=O)C1CCCCC1. The summed E-state index contributed by atoms with van der Waals surface area (Å²) in [4.78, 5) is 10.5. The Hall–Kier alpha value is -0.370. The lowest BCUT2D eigenvalue weighted by molar-refractivity contribution is -0.120. The van der Waals surface area contributed by atoms with Gasteiger partial charge in [0.1, 0.15) is 12.4 Å². The molecule has 1 atom stereocenters. The number of hydrogen-bond acceptors (Lipinski definition) is 2. The number of carbonyl (C=O) groups excluding carboxylic acids is 1. The van der Waals surface area contributed by atoms with Crippen molar-refractivity contribution in [2.45, 2.75) is 38.2 Å². The van der Waals surface area contributed by atoms with E-state index in [0.29, 0.717) is 5.92 Å². The highest BCUT2D eigenvalue weighted by Crippen LogP contribution is 2.26. The molecule has 0 radical (unpaired) electrons. The van der Waals surface area contributed by atoms with Gasteiger partial charge in [-0.3, -0.25) is 0 Å². The van der Waals surface area contributed by atoms with Gasteiger partial charge in [-0.25, -0.2) is 0 Å². The van der Waals surface area contributed by atoms with Gasteiger partial charge in [-0.1, -0.05) is 19.3 Å². The highest BCUT2D eigenvalue weighted by atomic mass is 16.5. The summed E-state index contributed by atoms with van der Waals surface area (Å²) in [6.07, 6.45) is 6.97. The number of carbonyl (C=O) groups is 1. The average Bonchev–Trinajstić information content (AvgIpc) is 2.09. The second-order valence-corrected chi connectivity index (χ2v) is 3.23. The van der Waals surface area contributed by atoms with Crippen LogP contribution in [0.3, 0.4) is 0 Å². The molecule has 0 N–H and O–H groups in total. The zero-order valence-corrected chi connectivity index (χ0v) is 7.08. The first-order valence-corrected chi connectivity index (χ1v) is 4.36. The maximum atomic E-state index is 10.5. The number of rotatable bonds is 3. The number of aldehydes is 1. The Bertz CT molecular complexity index is 117. The van der Waals surface area contributed by atoms with Crippen LogP contribution in [0.15, 0.2) is 0 Å². The Labute approximate surface area is 67.9 Å². The highest BCUT2D eigenvalue weighted by Gasteiger charge is 2.22. The van der Waals surface area contributed by atoms with E-state index in [1.54, 1.807) is 7.11 Å². The first kappa shape index (κ1) is 8.72. The normalized spacial score (nSPS) is 23.0. The molecule has 1 fully saturated rings. The van der Waals surface area contributed by atoms with E-state index >= 15 is 0 Å². The topological polar surface area (TPSA) is 26.3 Å². The summed E-state index contributed by atoms with van der Waals surface area (Å²) in [6.45, 7) is 0. The lowest BCUT2D eigenvalue weighted by atomic mass is 9.86. The molecule has 0 aromatic carbocycles. The van der Waals surface area contributed by atoms with Crippen molar-refractivity contribution >= 4 is 6.29 Å². The third-order valence-electron chi connectivity index (χ3n) is 2.52. The minimum atomic E-state index is -0.143. The monoisotopic (exact) mass is 156 g/mol. The van der Waals surface area contributed by atoms with Gasteiger partial charge in [0.15, 0.2) is 0 Å². The molecule has 2 nitrogen and oxygen atoms in total. The van der Waals surface area contributed by atoms with Crippen LogP contribution in [-0.2, 0) is 9.53 Å². The molecule has 0 aromatic rings. The summed E-state index contributed by atoms with van der Waals surface area (Å²) in [5, 5.41) is 0. The van der Waals surface area contributed by atoms with E-state index in [1.807, 2.05) is 0 Å². The Morgan fingerprint density at radius 3 is 2.45 bits per heavy atom. The maximum Gasteiger partial charge on any atom is 0.149 e. The fourth-order valence-corrected chi connectivity index (χ4v) is 1.82. The summed E-state index contributed by atoms with van der Waals surface area (Å²) >= 11 is 0. The minimum Gasteiger partial charge on any atom is -0.374 e. The van der Waals surface area contributed by atoms with E-state index in [2.05, 4.69) is 0 Å². The van der Waals surface area contributed by atoms with Gasteiger partial charge in [-0.15, -0.1) is 0 Å². The van der Waals surface area contributed by atoms with Crippen LogP contribution >= 0.6 is 0 Å². The predicted molar refractivity (Wildman–Crippen MR) is 43.4 cm³/mol. The molecule has 0 aliphatic heterocycles. The van der Waals surface area contributed by atoms with Gasteiger partial charge in [0.2, 0.25) is 0 Å². The number of ether oxygens (including phenoxy) is 1. The molecule has 1 saturated carbocycles. The molecule has 0 heterocycles. The molecule has 0 saturated heterocycles. The predicted octanol–water partition coefficient (Wildman–Crippen LogP) is 1.78. The van der Waals surface area contributed by atoms with Crippen LogP contribution in [0.5, 0.6) is 0 Å². The van der Waals surface area contributed by atoms with Gasteiger partial charge in [-0.2, -0.15) is 0 Å². The lowest BCUT2D eigenvalue weighted by Crippen LogP contribution is -2.26. The largest absolute Gasteiger partial charge is 0.374 e. The zero-order chi connectivity index (χ0) is 8.10. The van der Waals surface area contributed by atoms with Crippen LogP contribution in [0.1, 0.15) is 32.1 Å². The van der Waals surface area contributed by atoms with Crippen molar-refractivity contribution in [1.29, 1.82) is 0 Å². The molecule has 0 unspecified atom stereocenters. The van der Waals surface area contributed by atoms with Crippen LogP contribution in [0.25, 0.3) is 0 Å². The Kier molecular flexibility index (Phi) is 3.57. The van der Waals surface area contributed by atoms with Crippen molar-refractivity contribution in [3.05, 3.63) is 0 Å². The molecule has 0 bridgehead atoms. The van der Waals surface area contributed by atoms with Crippen molar-refractivity contribution in [3.63, 3.8) is 0 Å². The summed E-state index contributed by atoms with van der Waals surface area (Å²) in [6, 6.07) is 0. The van der Waals surface area contributed by atoms with Gasteiger partial charge >= 0.3 is 0 Å². The molecule has 64 valence electrons. The van der Waals surface area contributed by atoms with Crippen molar-refractivity contribution in [3.8, 4) is 0 Å². The molecule has 1 rings (SSSR count). The fraction of sp³-hybridized carbons (Fsp3) is 0.889. The molecule has 1 aliphatic carbocycles. The van der Waals surface area contributed by atoms with Crippen molar-refractivity contribution < 1.29 is 9.53 Å². The standard InChI is InChI=1S/C9H16O2/c1-11-9(7-10)8-5-3-2-4-6-8/h7-9H,2-6H2,1H3/t9-/m1/s1. The maximum absolute atomic E-state index is 10.5. The van der Waals surface area contributed by atoms with E-state index in [0.717, 1.165) is 19.1 Å². The molecular formula is C9H16O2. The van der Waals surface area contributed by atoms with Crippen LogP contribution in [0, 0.1) is 5.92 Å². The summed E-state index contributed by atoms with van der Waals surface area (Å²) in [5.41, 5.74) is 0. The third-order valence-corrected chi connectivity index (χ3v) is 2.52. The molecule has 0 aromatic heterocycles. The van der Waals surface area contributed by atoms with Crippen molar-refractivity contribution in [2.75, 3.05) is 7.11 Å².